The van der Waals surface area contributed by atoms with Gasteiger partial charge in [-0.05, 0) is 25.2 Å². The lowest BCUT2D eigenvalue weighted by Gasteiger charge is -2.47. The summed E-state index contributed by atoms with van der Waals surface area (Å²) in [7, 11) is 0. The molecule has 3 heterocycles. The Kier molecular flexibility index (Phi) is 14.6. The van der Waals surface area contributed by atoms with Crippen molar-refractivity contribution in [1.29, 1.82) is 0 Å². The minimum Gasteiger partial charge on any atom is -0.394 e. The SMILES string of the molecule is CC[C@H](O)[C@H](O)C(=O)C[C@@H]1C[C@H](N)[C@@H](O[C@H]2O[C@H](CN)[C@@H](O)C[C@H]2N)[C@H](O[C@@H]2O[C@H](CO)[C@@H](O[C@H]3O[C@@H](CN)[C@@H](O)[C@H](O)[C@H]3N)[C@H]2O)[C@H]1O. The molecule has 0 spiro atoms. The van der Waals surface area contributed by atoms with Crippen LogP contribution in [0.2, 0.25) is 0 Å². The van der Waals surface area contributed by atoms with Crippen LogP contribution in [0.1, 0.15) is 32.6 Å². The second-order valence-electron chi connectivity index (χ2n) is 13.3. The quantitative estimate of drug-likeness (QED) is 0.0794. The summed E-state index contributed by atoms with van der Waals surface area (Å²) in [6.45, 7) is 0.655. The molecule has 18 N–H and O–H groups in total. The van der Waals surface area contributed by atoms with Gasteiger partial charge in [-0.25, -0.2) is 0 Å². The van der Waals surface area contributed by atoms with Crippen LogP contribution in [0, 0.1) is 5.92 Å². The first kappa shape index (κ1) is 40.7. The molecule has 3 aliphatic heterocycles. The van der Waals surface area contributed by atoms with Crippen LogP contribution in [0.3, 0.4) is 0 Å². The van der Waals surface area contributed by atoms with Gasteiger partial charge in [0.2, 0.25) is 0 Å². The van der Waals surface area contributed by atoms with Crippen molar-refractivity contribution in [3.8, 4) is 0 Å². The van der Waals surface area contributed by atoms with E-state index < -0.39 is 141 Å². The van der Waals surface area contributed by atoms with Crippen molar-refractivity contribution >= 4 is 5.78 Å². The second kappa shape index (κ2) is 17.6. The van der Waals surface area contributed by atoms with E-state index >= 15 is 0 Å². The van der Waals surface area contributed by atoms with Crippen LogP contribution in [-0.2, 0) is 33.2 Å². The molecule has 4 aliphatic rings. The number of carbonyl (C=O) groups excluding carboxylic acids is 1. The van der Waals surface area contributed by atoms with E-state index in [1.54, 1.807) is 6.92 Å². The topological polar surface area (TPSA) is 364 Å². The number of aliphatic hydroxyl groups excluding tert-OH is 8. The Bertz CT molecular complexity index is 1050. The highest BCUT2D eigenvalue weighted by molar-refractivity contribution is 5.83. The average Bonchev–Trinajstić information content (AvgIpc) is 3.38. The number of rotatable bonds is 14. The summed E-state index contributed by atoms with van der Waals surface area (Å²) in [5.74, 6) is -1.65. The summed E-state index contributed by atoms with van der Waals surface area (Å²) < 4.78 is 35.3. The van der Waals surface area contributed by atoms with Crippen molar-refractivity contribution in [2.45, 2.75) is 149 Å². The van der Waals surface area contributed by atoms with Crippen LogP contribution >= 0.6 is 0 Å². The number of aliphatic hydroxyl groups is 8. The Morgan fingerprint density at radius 2 is 1.33 bits per heavy atom. The molecule has 1 saturated carbocycles. The first-order chi connectivity index (χ1) is 23.2. The van der Waals surface area contributed by atoms with Crippen molar-refractivity contribution in [1.82, 2.24) is 0 Å². The molecular weight excluding hydrogens is 658 g/mol. The lowest BCUT2D eigenvalue weighted by Crippen LogP contribution is -2.64. The monoisotopic (exact) mass is 713 g/mol. The Morgan fingerprint density at radius 1 is 0.735 bits per heavy atom. The first-order valence-corrected chi connectivity index (χ1v) is 16.7. The zero-order valence-electron chi connectivity index (χ0n) is 27.3. The fraction of sp³-hybridized carbons (Fsp3) is 0.966. The summed E-state index contributed by atoms with van der Waals surface area (Å²) in [5.41, 5.74) is 30.1. The van der Waals surface area contributed by atoms with Crippen molar-refractivity contribution < 1.29 is 74.1 Å². The van der Waals surface area contributed by atoms with Crippen molar-refractivity contribution in [3.05, 3.63) is 0 Å². The largest absolute Gasteiger partial charge is 0.394 e. The number of nitrogens with two attached hydrogens (primary N) is 5. The average molecular weight is 714 g/mol. The fourth-order valence-electron chi connectivity index (χ4n) is 6.81. The molecule has 286 valence electrons. The minimum absolute atomic E-state index is 0.0102. The van der Waals surface area contributed by atoms with Crippen molar-refractivity contribution in [3.63, 3.8) is 0 Å². The predicted octanol–water partition coefficient (Wildman–Crippen LogP) is -7.49. The van der Waals surface area contributed by atoms with Crippen molar-refractivity contribution in [2.75, 3.05) is 19.7 Å². The van der Waals surface area contributed by atoms with Gasteiger partial charge >= 0.3 is 0 Å². The molecule has 20 heteroatoms. The van der Waals surface area contributed by atoms with Crippen LogP contribution in [0.5, 0.6) is 0 Å². The van der Waals surface area contributed by atoms with Gasteiger partial charge in [0.25, 0.3) is 0 Å². The highest BCUT2D eigenvalue weighted by atomic mass is 16.8. The number of hydrogen-bond donors (Lipinski definition) is 13. The molecule has 4 fully saturated rings. The normalized spacial score (nSPS) is 47.6. The van der Waals surface area contributed by atoms with E-state index in [9.17, 15) is 45.6 Å². The minimum atomic E-state index is -1.70. The summed E-state index contributed by atoms with van der Waals surface area (Å²) in [5, 5.41) is 84.2. The van der Waals surface area contributed by atoms with Gasteiger partial charge in [0.1, 0.15) is 54.9 Å². The van der Waals surface area contributed by atoms with E-state index in [0.717, 1.165) is 0 Å². The van der Waals surface area contributed by atoms with E-state index in [-0.39, 0.29) is 32.4 Å². The van der Waals surface area contributed by atoms with E-state index in [4.69, 9.17) is 57.1 Å². The summed E-state index contributed by atoms with van der Waals surface area (Å²) in [6, 6.07) is -3.08. The molecule has 0 amide bonds. The zero-order chi connectivity index (χ0) is 36.3. The van der Waals surface area contributed by atoms with Crippen molar-refractivity contribution in [2.24, 2.45) is 34.6 Å². The smallest absolute Gasteiger partial charge is 0.187 e. The van der Waals surface area contributed by atoms with Gasteiger partial charge in [0, 0.05) is 25.6 Å². The molecule has 0 aromatic carbocycles. The number of ketones is 1. The molecule has 3 saturated heterocycles. The van der Waals surface area contributed by atoms with Crippen LogP contribution < -0.4 is 28.7 Å². The van der Waals surface area contributed by atoms with E-state index in [1.165, 1.54) is 0 Å². The molecule has 20 nitrogen and oxygen atoms in total. The third-order valence-electron chi connectivity index (χ3n) is 9.88. The highest BCUT2D eigenvalue weighted by Crippen LogP contribution is 2.37. The standard InChI is InChI=1S/C29H55N5O15/c1-2-12(36)20(40)14(38)4-9-3-10(32)24(47-27-11(33)5-13(37)15(6-30)44-27)26(19(9)39)49-29-23(43)25(17(8-35)46-29)48-28-18(34)22(42)21(41)16(7-31)45-28/h9-13,15-29,35-37,39-43H,2-8,30-34H2,1H3/t9-,10-,11+,12-,13-,15+,16-,17+,18+,19-,20-,21+,22+,23+,24+,25+,26+,27+,28+,29-/m0/s1. The maximum Gasteiger partial charge on any atom is 0.187 e. The third-order valence-corrected chi connectivity index (χ3v) is 9.88. The van der Waals surface area contributed by atoms with Gasteiger partial charge in [-0.2, -0.15) is 0 Å². The van der Waals surface area contributed by atoms with Gasteiger partial charge in [0.05, 0.1) is 43.1 Å². The Morgan fingerprint density at radius 3 is 1.94 bits per heavy atom. The van der Waals surface area contributed by atoms with Crippen LogP contribution in [-0.4, -0.2) is 183 Å². The Labute approximate surface area is 283 Å². The predicted molar refractivity (Wildman–Crippen MR) is 164 cm³/mol. The summed E-state index contributed by atoms with van der Waals surface area (Å²) in [6.07, 6.45) is -21.6. The van der Waals surface area contributed by atoms with Gasteiger partial charge in [-0.15, -0.1) is 0 Å². The Balaban J connectivity index is 1.56. The lowest BCUT2D eigenvalue weighted by atomic mass is 9.76. The molecule has 20 atom stereocenters. The molecule has 0 radical (unpaired) electrons. The van der Waals surface area contributed by atoms with Crippen LogP contribution in [0.15, 0.2) is 0 Å². The number of hydrogen-bond acceptors (Lipinski definition) is 20. The first-order valence-electron chi connectivity index (χ1n) is 16.7. The molecule has 0 aromatic heterocycles. The van der Waals surface area contributed by atoms with Gasteiger partial charge in [0.15, 0.2) is 24.7 Å². The number of ether oxygens (including phenoxy) is 6. The molecule has 0 bridgehead atoms. The highest BCUT2D eigenvalue weighted by Gasteiger charge is 2.54. The maximum absolute atomic E-state index is 12.9. The second-order valence-corrected chi connectivity index (χ2v) is 13.3. The van der Waals surface area contributed by atoms with Gasteiger partial charge in [-0.1, -0.05) is 6.92 Å². The van der Waals surface area contributed by atoms with Crippen LogP contribution in [0.4, 0.5) is 0 Å². The van der Waals surface area contributed by atoms with E-state index in [0.29, 0.717) is 0 Å². The molecule has 0 unspecified atom stereocenters. The number of carbonyl (C=O) groups is 1. The molecule has 0 aromatic rings. The Hall–Kier alpha value is -1.09. The van der Waals surface area contributed by atoms with Gasteiger partial charge in [-0.3, -0.25) is 4.79 Å². The maximum atomic E-state index is 12.9. The molecular formula is C29H55N5O15. The number of Topliss-reactive ketones (excluding diaryl/α,β-unsaturated/α-hetero) is 1. The third kappa shape index (κ3) is 8.93. The van der Waals surface area contributed by atoms with E-state index in [2.05, 4.69) is 0 Å². The molecule has 1 aliphatic carbocycles. The zero-order valence-corrected chi connectivity index (χ0v) is 27.3. The van der Waals surface area contributed by atoms with Gasteiger partial charge < -0.3 is 97.9 Å². The lowest BCUT2D eigenvalue weighted by molar-refractivity contribution is -0.299. The molecule has 4 rings (SSSR count). The van der Waals surface area contributed by atoms with E-state index in [1.807, 2.05) is 0 Å². The molecule has 49 heavy (non-hydrogen) atoms. The fourth-order valence-corrected chi connectivity index (χ4v) is 6.81. The summed E-state index contributed by atoms with van der Waals surface area (Å²) >= 11 is 0. The van der Waals surface area contributed by atoms with Crippen LogP contribution in [0.25, 0.3) is 0 Å². The summed E-state index contributed by atoms with van der Waals surface area (Å²) in [4.78, 5) is 12.9.